The van der Waals surface area contributed by atoms with Gasteiger partial charge in [0.05, 0.1) is 5.69 Å². The third kappa shape index (κ3) is 4.11. The summed E-state index contributed by atoms with van der Waals surface area (Å²) in [5.74, 6) is 0.317. The number of nitrogens with one attached hydrogen (secondary N) is 1. The molecule has 0 aliphatic carbocycles. The normalized spacial score (nSPS) is 10.8. The van der Waals surface area contributed by atoms with Crippen LogP contribution >= 0.6 is 11.6 Å². The van der Waals surface area contributed by atoms with Crippen molar-refractivity contribution in [2.24, 2.45) is 0 Å². The van der Waals surface area contributed by atoms with E-state index in [0.717, 1.165) is 23.2 Å². The highest BCUT2D eigenvalue weighted by Gasteiger charge is 2.19. The van der Waals surface area contributed by atoms with E-state index in [1.54, 1.807) is 16.8 Å². The number of nitrogens with zero attached hydrogens (tertiary/aromatic N) is 3. The fraction of sp³-hybridized carbons (Fsp3) is 0.125. The van der Waals surface area contributed by atoms with E-state index < -0.39 is 0 Å². The maximum Gasteiger partial charge on any atom is 0.295 e. The maximum atomic E-state index is 12.9. The molecule has 0 saturated heterocycles. The Morgan fingerprint density at radius 1 is 1.00 bits per heavy atom. The number of halogens is 1. The first kappa shape index (κ1) is 19.9. The number of hydrogen-bond acceptors (Lipinski definition) is 3. The van der Waals surface area contributed by atoms with Crippen molar-refractivity contribution in [1.29, 1.82) is 0 Å². The molecule has 30 heavy (non-hydrogen) atoms. The molecule has 6 heteroatoms. The number of hydrogen-bond donors (Lipinski definition) is 1. The van der Waals surface area contributed by atoms with Crippen molar-refractivity contribution in [2.75, 3.05) is 5.32 Å². The Labute approximate surface area is 180 Å². The average molecular weight is 417 g/mol. The number of rotatable bonds is 5. The van der Waals surface area contributed by atoms with Crippen LogP contribution in [0.4, 0.5) is 5.69 Å². The summed E-state index contributed by atoms with van der Waals surface area (Å²) >= 11 is 6.04. The van der Waals surface area contributed by atoms with Gasteiger partial charge < -0.3 is 5.32 Å². The van der Waals surface area contributed by atoms with E-state index in [4.69, 9.17) is 11.6 Å². The minimum absolute atomic E-state index is 0.0998. The number of benzene rings is 3. The van der Waals surface area contributed by atoms with E-state index in [1.165, 1.54) is 5.56 Å². The van der Waals surface area contributed by atoms with E-state index in [0.29, 0.717) is 16.5 Å². The van der Waals surface area contributed by atoms with Crippen molar-refractivity contribution in [3.8, 4) is 17.1 Å². The van der Waals surface area contributed by atoms with Crippen LogP contribution in [-0.4, -0.2) is 20.7 Å². The SMILES string of the molecule is CCc1ccc(NC(=O)c2nc(-c3ccc(Cl)cc3)n(-c3ccccc3C)n2)cc1. The predicted molar refractivity (Wildman–Crippen MR) is 120 cm³/mol. The minimum Gasteiger partial charge on any atom is -0.319 e. The highest BCUT2D eigenvalue weighted by Crippen LogP contribution is 2.25. The molecule has 0 unspecified atom stereocenters. The van der Waals surface area contributed by atoms with Crippen LogP contribution in [0.2, 0.25) is 5.02 Å². The van der Waals surface area contributed by atoms with Gasteiger partial charge in [0, 0.05) is 16.3 Å². The lowest BCUT2D eigenvalue weighted by molar-refractivity contribution is 0.101. The molecule has 0 bridgehead atoms. The summed E-state index contributed by atoms with van der Waals surface area (Å²) in [5.41, 5.74) is 4.62. The van der Waals surface area contributed by atoms with Crippen molar-refractivity contribution in [1.82, 2.24) is 14.8 Å². The van der Waals surface area contributed by atoms with Gasteiger partial charge >= 0.3 is 0 Å². The van der Waals surface area contributed by atoms with Gasteiger partial charge in [0.1, 0.15) is 0 Å². The fourth-order valence-corrected chi connectivity index (χ4v) is 3.30. The van der Waals surface area contributed by atoms with Gasteiger partial charge in [-0.3, -0.25) is 4.79 Å². The number of para-hydroxylation sites is 1. The molecule has 3 aromatic carbocycles. The average Bonchev–Trinajstić information content (AvgIpc) is 3.20. The Balaban J connectivity index is 1.73. The Hall–Kier alpha value is -3.44. The van der Waals surface area contributed by atoms with Crippen LogP contribution < -0.4 is 5.32 Å². The molecule has 0 aliphatic rings. The Kier molecular flexibility index (Phi) is 5.63. The molecule has 0 saturated carbocycles. The summed E-state index contributed by atoms with van der Waals surface area (Å²) in [4.78, 5) is 17.4. The Morgan fingerprint density at radius 3 is 2.37 bits per heavy atom. The highest BCUT2D eigenvalue weighted by atomic mass is 35.5. The third-order valence-corrected chi connectivity index (χ3v) is 5.13. The molecule has 1 N–H and O–H groups in total. The predicted octanol–water partition coefficient (Wildman–Crippen LogP) is 5.71. The number of aryl methyl sites for hydroxylation is 2. The molecule has 4 aromatic rings. The molecule has 0 spiro atoms. The fourth-order valence-electron chi connectivity index (χ4n) is 3.17. The first-order valence-electron chi connectivity index (χ1n) is 9.74. The zero-order valence-corrected chi connectivity index (χ0v) is 17.5. The molecule has 0 radical (unpaired) electrons. The third-order valence-electron chi connectivity index (χ3n) is 4.88. The quantitative estimate of drug-likeness (QED) is 0.453. The molecule has 1 heterocycles. The lowest BCUT2D eigenvalue weighted by Crippen LogP contribution is -2.14. The summed E-state index contributed by atoms with van der Waals surface area (Å²) in [5, 5.41) is 8.04. The second-order valence-corrected chi connectivity index (χ2v) is 7.41. The van der Waals surface area contributed by atoms with Crippen molar-refractivity contribution < 1.29 is 4.79 Å². The smallest absolute Gasteiger partial charge is 0.295 e. The van der Waals surface area contributed by atoms with Crippen LogP contribution in [-0.2, 0) is 6.42 Å². The van der Waals surface area contributed by atoms with Crippen molar-refractivity contribution in [3.63, 3.8) is 0 Å². The molecule has 0 atom stereocenters. The Morgan fingerprint density at radius 2 is 1.70 bits per heavy atom. The van der Waals surface area contributed by atoms with Gasteiger partial charge in [-0.25, -0.2) is 9.67 Å². The van der Waals surface area contributed by atoms with Crippen LogP contribution in [0.1, 0.15) is 28.7 Å². The van der Waals surface area contributed by atoms with Gasteiger partial charge in [-0.15, -0.1) is 5.10 Å². The van der Waals surface area contributed by atoms with E-state index in [1.807, 2.05) is 67.6 Å². The monoisotopic (exact) mass is 416 g/mol. The Bertz CT molecular complexity index is 1180. The van der Waals surface area contributed by atoms with Gasteiger partial charge in [0.15, 0.2) is 5.82 Å². The van der Waals surface area contributed by atoms with Crippen LogP contribution in [0.5, 0.6) is 0 Å². The van der Waals surface area contributed by atoms with Crippen LogP contribution in [0, 0.1) is 6.92 Å². The van der Waals surface area contributed by atoms with Crippen molar-refractivity contribution in [2.45, 2.75) is 20.3 Å². The zero-order valence-electron chi connectivity index (χ0n) is 16.8. The van der Waals surface area contributed by atoms with Gasteiger partial charge in [0.2, 0.25) is 5.82 Å². The van der Waals surface area contributed by atoms with Crippen molar-refractivity contribution >= 4 is 23.2 Å². The summed E-state index contributed by atoms with van der Waals surface area (Å²) in [6, 6.07) is 22.9. The molecular weight excluding hydrogens is 396 g/mol. The maximum absolute atomic E-state index is 12.9. The summed E-state index contributed by atoms with van der Waals surface area (Å²) < 4.78 is 1.70. The van der Waals surface area contributed by atoms with Gasteiger partial charge in [-0.1, -0.05) is 48.9 Å². The zero-order chi connectivity index (χ0) is 21.1. The van der Waals surface area contributed by atoms with Crippen LogP contribution in [0.3, 0.4) is 0 Å². The van der Waals surface area contributed by atoms with E-state index in [9.17, 15) is 4.79 Å². The standard InChI is InChI=1S/C24H21ClN4O/c1-3-17-8-14-20(15-9-17)26-24(30)22-27-23(18-10-12-19(25)13-11-18)29(28-22)21-7-5-4-6-16(21)2/h4-15H,3H2,1-2H3,(H,26,30). The molecule has 0 fully saturated rings. The van der Waals surface area contributed by atoms with Crippen molar-refractivity contribution in [3.05, 3.63) is 94.8 Å². The number of anilines is 1. The van der Waals surface area contributed by atoms with Gasteiger partial charge in [0.25, 0.3) is 5.91 Å². The second-order valence-electron chi connectivity index (χ2n) is 6.97. The molecular formula is C24H21ClN4O. The van der Waals surface area contributed by atoms with Gasteiger partial charge in [-0.05, 0) is 66.9 Å². The molecule has 0 aliphatic heterocycles. The summed E-state index contributed by atoms with van der Waals surface area (Å²) in [7, 11) is 0. The lowest BCUT2D eigenvalue weighted by atomic mass is 10.1. The first-order valence-corrected chi connectivity index (χ1v) is 10.1. The molecule has 1 amide bonds. The van der Waals surface area contributed by atoms with E-state index in [-0.39, 0.29) is 11.7 Å². The summed E-state index contributed by atoms with van der Waals surface area (Å²) in [6.45, 7) is 4.09. The van der Waals surface area contributed by atoms with E-state index in [2.05, 4.69) is 22.3 Å². The topological polar surface area (TPSA) is 59.8 Å². The van der Waals surface area contributed by atoms with E-state index >= 15 is 0 Å². The minimum atomic E-state index is -0.359. The molecule has 150 valence electrons. The molecule has 5 nitrogen and oxygen atoms in total. The van der Waals surface area contributed by atoms with Crippen LogP contribution in [0.15, 0.2) is 72.8 Å². The summed E-state index contributed by atoms with van der Waals surface area (Å²) in [6.07, 6.45) is 0.946. The number of aromatic nitrogens is 3. The molecule has 4 rings (SSSR count). The largest absolute Gasteiger partial charge is 0.319 e. The first-order chi connectivity index (χ1) is 14.5. The second kappa shape index (κ2) is 8.51. The highest BCUT2D eigenvalue weighted by molar-refractivity contribution is 6.30. The number of carbonyl (C=O) groups is 1. The number of amides is 1. The number of carbonyl (C=O) groups excluding carboxylic acids is 1. The molecule has 1 aromatic heterocycles. The van der Waals surface area contributed by atoms with Gasteiger partial charge in [-0.2, -0.15) is 0 Å². The lowest BCUT2D eigenvalue weighted by Gasteiger charge is -2.08. The van der Waals surface area contributed by atoms with Crippen LogP contribution in [0.25, 0.3) is 17.1 Å².